The highest BCUT2D eigenvalue weighted by Gasteiger charge is 2.47. The van der Waals surface area contributed by atoms with Crippen LogP contribution in [0.1, 0.15) is 49.1 Å². The summed E-state index contributed by atoms with van der Waals surface area (Å²) in [4.78, 5) is 37.9. The van der Waals surface area contributed by atoms with E-state index in [9.17, 15) is 14.4 Å². The number of carboxylic acid groups (broad SMARTS) is 1. The molecule has 7 heteroatoms. The van der Waals surface area contributed by atoms with Gasteiger partial charge in [-0.05, 0) is 47.9 Å². The van der Waals surface area contributed by atoms with Crippen LogP contribution >= 0.6 is 0 Å². The SMILES string of the molecule is CN(CCCC(=O)O)C(=O)C1(NC(=O)OCC2c3ccccc3-c3ccccc32)CCC1. The topological polar surface area (TPSA) is 95.9 Å². The van der Waals surface area contributed by atoms with Crippen molar-refractivity contribution in [1.29, 1.82) is 0 Å². The van der Waals surface area contributed by atoms with Gasteiger partial charge in [-0.1, -0.05) is 48.5 Å². The Morgan fingerprint density at radius 2 is 1.66 bits per heavy atom. The van der Waals surface area contributed by atoms with Gasteiger partial charge in [0.05, 0.1) is 0 Å². The fourth-order valence-electron chi connectivity index (χ4n) is 4.69. The fourth-order valence-corrected chi connectivity index (χ4v) is 4.69. The monoisotopic (exact) mass is 436 g/mol. The van der Waals surface area contributed by atoms with Crippen molar-refractivity contribution in [2.45, 2.75) is 43.6 Å². The quantitative estimate of drug-likeness (QED) is 0.657. The average Bonchev–Trinajstić information content (AvgIpc) is 3.08. The van der Waals surface area contributed by atoms with Crippen molar-refractivity contribution in [2.24, 2.45) is 0 Å². The van der Waals surface area contributed by atoms with Gasteiger partial charge in [-0.3, -0.25) is 9.59 Å². The second-order valence-corrected chi connectivity index (χ2v) is 8.61. The Morgan fingerprint density at radius 1 is 1.06 bits per heavy atom. The van der Waals surface area contributed by atoms with Gasteiger partial charge < -0.3 is 20.1 Å². The number of carbonyl (C=O) groups excluding carboxylic acids is 2. The first kappa shape index (κ1) is 21.9. The molecule has 4 rings (SSSR count). The molecule has 2 aromatic carbocycles. The Labute approximate surface area is 187 Å². The molecule has 0 bridgehead atoms. The van der Waals surface area contributed by atoms with Gasteiger partial charge in [0.15, 0.2) is 0 Å². The van der Waals surface area contributed by atoms with Gasteiger partial charge in [-0.2, -0.15) is 0 Å². The molecule has 32 heavy (non-hydrogen) atoms. The number of alkyl carbamates (subject to hydrolysis) is 1. The number of nitrogens with zero attached hydrogens (tertiary/aromatic N) is 1. The second kappa shape index (κ2) is 9.02. The average molecular weight is 437 g/mol. The minimum absolute atomic E-state index is 0.00439. The van der Waals surface area contributed by atoms with E-state index < -0.39 is 17.6 Å². The molecule has 7 nitrogen and oxygen atoms in total. The van der Waals surface area contributed by atoms with Crippen LogP contribution in [-0.4, -0.2) is 53.7 Å². The van der Waals surface area contributed by atoms with Crippen LogP contribution in [0.2, 0.25) is 0 Å². The first-order chi connectivity index (χ1) is 15.4. The maximum Gasteiger partial charge on any atom is 0.408 e. The van der Waals surface area contributed by atoms with E-state index in [1.807, 2.05) is 24.3 Å². The summed E-state index contributed by atoms with van der Waals surface area (Å²) >= 11 is 0. The lowest BCUT2D eigenvalue weighted by molar-refractivity contribution is -0.142. The Kier molecular flexibility index (Phi) is 6.17. The zero-order valence-electron chi connectivity index (χ0n) is 18.2. The zero-order chi connectivity index (χ0) is 22.7. The highest BCUT2D eigenvalue weighted by Crippen LogP contribution is 2.44. The largest absolute Gasteiger partial charge is 0.481 e. The lowest BCUT2D eigenvalue weighted by atomic mass is 9.75. The number of fused-ring (bicyclic) bond motifs is 3. The lowest BCUT2D eigenvalue weighted by Gasteiger charge is -2.42. The number of ether oxygens (including phenoxy) is 1. The number of aliphatic carboxylic acids is 1. The summed E-state index contributed by atoms with van der Waals surface area (Å²) in [5.41, 5.74) is 3.63. The summed E-state index contributed by atoms with van der Waals surface area (Å²) in [6.45, 7) is 0.526. The summed E-state index contributed by atoms with van der Waals surface area (Å²) in [5, 5.41) is 11.6. The van der Waals surface area contributed by atoms with Crippen molar-refractivity contribution in [1.82, 2.24) is 10.2 Å². The second-order valence-electron chi connectivity index (χ2n) is 8.61. The summed E-state index contributed by atoms with van der Waals surface area (Å²) in [6, 6.07) is 16.3. The number of likely N-dealkylation sites (N-methyl/N-ethyl adjacent to an activating group) is 1. The first-order valence-electron chi connectivity index (χ1n) is 11.0. The minimum Gasteiger partial charge on any atom is -0.481 e. The van der Waals surface area contributed by atoms with E-state index in [4.69, 9.17) is 9.84 Å². The van der Waals surface area contributed by atoms with E-state index in [1.54, 1.807) is 7.05 Å². The van der Waals surface area contributed by atoms with Crippen molar-refractivity contribution in [3.8, 4) is 11.1 Å². The molecule has 1 fully saturated rings. The molecule has 0 radical (unpaired) electrons. The van der Waals surface area contributed by atoms with Crippen LogP contribution in [0.3, 0.4) is 0 Å². The molecular weight excluding hydrogens is 408 g/mol. The smallest absolute Gasteiger partial charge is 0.408 e. The molecule has 2 N–H and O–H groups in total. The van der Waals surface area contributed by atoms with Crippen LogP contribution in [0, 0.1) is 0 Å². The predicted octanol–water partition coefficient (Wildman–Crippen LogP) is 3.77. The molecule has 0 aliphatic heterocycles. The number of rotatable bonds is 8. The summed E-state index contributed by atoms with van der Waals surface area (Å²) < 4.78 is 5.62. The lowest BCUT2D eigenvalue weighted by Crippen LogP contribution is -2.63. The molecule has 2 aromatic rings. The van der Waals surface area contributed by atoms with Crippen molar-refractivity contribution >= 4 is 18.0 Å². The summed E-state index contributed by atoms with van der Waals surface area (Å²) in [7, 11) is 1.64. The molecule has 168 valence electrons. The minimum atomic E-state index is -0.958. The van der Waals surface area contributed by atoms with Gasteiger partial charge in [0, 0.05) is 25.9 Å². The van der Waals surface area contributed by atoms with Crippen LogP contribution in [0.15, 0.2) is 48.5 Å². The van der Waals surface area contributed by atoms with Gasteiger partial charge >= 0.3 is 12.1 Å². The molecule has 0 atom stereocenters. The number of carboxylic acids is 1. The molecule has 2 aliphatic carbocycles. The third-order valence-electron chi connectivity index (χ3n) is 6.53. The van der Waals surface area contributed by atoms with Gasteiger partial charge in [0.2, 0.25) is 5.91 Å². The third kappa shape index (κ3) is 4.20. The Bertz CT molecular complexity index is 985. The molecule has 2 aliphatic rings. The highest BCUT2D eigenvalue weighted by molar-refractivity contribution is 5.91. The summed E-state index contributed by atoms with van der Waals surface area (Å²) in [5.74, 6) is -1.12. The predicted molar refractivity (Wildman–Crippen MR) is 119 cm³/mol. The number of amides is 2. The van der Waals surface area contributed by atoms with Gasteiger partial charge in [-0.25, -0.2) is 4.79 Å². The number of hydrogen-bond donors (Lipinski definition) is 2. The Balaban J connectivity index is 1.38. The van der Waals surface area contributed by atoms with E-state index in [2.05, 4.69) is 29.6 Å². The Morgan fingerprint density at radius 3 is 2.19 bits per heavy atom. The molecule has 0 saturated heterocycles. The van der Waals surface area contributed by atoms with Gasteiger partial charge in [0.1, 0.15) is 12.1 Å². The zero-order valence-corrected chi connectivity index (χ0v) is 18.2. The van der Waals surface area contributed by atoms with Crippen LogP contribution < -0.4 is 5.32 Å². The molecule has 0 aromatic heterocycles. The van der Waals surface area contributed by atoms with E-state index in [1.165, 1.54) is 4.90 Å². The molecule has 2 amide bonds. The van der Waals surface area contributed by atoms with Crippen molar-refractivity contribution in [2.75, 3.05) is 20.2 Å². The highest BCUT2D eigenvalue weighted by atomic mass is 16.5. The van der Waals surface area contributed by atoms with E-state index in [-0.39, 0.29) is 24.9 Å². The van der Waals surface area contributed by atoms with Crippen molar-refractivity contribution in [3.05, 3.63) is 59.7 Å². The van der Waals surface area contributed by atoms with Crippen molar-refractivity contribution in [3.63, 3.8) is 0 Å². The van der Waals surface area contributed by atoms with Crippen LogP contribution in [0.5, 0.6) is 0 Å². The molecule has 0 spiro atoms. The molecule has 0 unspecified atom stereocenters. The molecular formula is C25H28N2O5. The number of hydrogen-bond acceptors (Lipinski definition) is 4. The molecule has 1 saturated carbocycles. The van der Waals surface area contributed by atoms with Crippen LogP contribution in [0.4, 0.5) is 4.79 Å². The normalized spacial score (nSPS) is 15.8. The maximum absolute atomic E-state index is 13.0. The number of nitrogens with one attached hydrogen (secondary N) is 1. The number of benzene rings is 2. The third-order valence-corrected chi connectivity index (χ3v) is 6.53. The fraction of sp³-hybridized carbons (Fsp3) is 0.400. The maximum atomic E-state index is 13.0. The van der Waals surface area contributed by atoms with Gasteiger partial charge in [-0.15, -0.1) is 0 Å². The molecule has 0 heterocycles. The van der Waals surface area contributed by atoms with Crippen LogP contribution in [0.25, 0.3) is 11.1 Å². The van der Waals surface area contributed by atoms with Crippen molar-refractivity contribution < 1.29 is 24.2 Å². The van der Waals surface area contributed by atoms with E-state index in [0.717, 1.165) is 28.7 Å². The Hall–Kier alpha value is -3.35. The van der Waals surface area contributed by atoms with E-state index in [0.29, 0.717) is 25.8 Å². The first-order valence-corrected chi connectivity index (χ1v) is 11.0. The van der Waals surface area contributed by atoms with E-state index >= 15 is 0 Å². The van der Waals surface area contributed by atoms with Gasteiger partial charge in [0.25, 0.3) is 0 Å². The standard InChI is InChI=1S/C25H28N2O5/c1-27(15-6-12-22(28)29)23(30)25(13-7-14-25)26-24(31)32-16-21-19-10-4-2-8-17(19)18-9-3-5-11-20(18)21/h2-5,8-11,21H,6-7,12-16H2,1H3,(H,26,31)(H,28,29). The van der Waals surface area contributed by atoms with Crippen LogP contribution in [-0.2, 0) is 14.3 Å². The number of carbonyl (C=O) groups is 3. The summed E-state index contributed by atoms with van der Waals surface area (Å²) in [6.07, 6.45) is 1.74.